The van der Waals surface area contributed by atoms with Crippen LogP contribution in [0.1, 0.15) is 366 Å². The fraction of sp³-hybridized carbons (Fsp3) is 1.00. The Hall–Kier alpha value is -0.240. The molecule has 5 aliphatic rings. The summed E-state index contributed by atoms with van der Waals surface area (Å²) in [5.74, 6) is 17.4. The van der Waals surface area contributed by atoms with E-state index in [1.807, 2.05) is 0 Å². The normalized spacial score (nSPS) is 40.6. The number of aliphatic hydroxyl groups is 2. The maximum atomic E-state index is 10.1. The lowest BCUT2D eigenvalue weighted by atomic mass is 9.84. The van der Waals surface area contributed by atoms with Gasteiger partial charge in [-0.15, -0.1) is 0 Å². The van der Waals surface area contributed by atoms with Gasteiger partial charge in [0.15, 0.2) is 0 Å². The van der Waals surface area contributed by atoms with Gasteiger partial charge < -0.3 is 29.2 Å². The standard InChI is InChI=1S/C86H164O6/c1-65-21-13-29-73(9)81-45-41-77(57-81)33-17-25-69(5)49-53-89-63-85(61-87)92-56-52-72(8)28-20-36-80-44-48-84(60-80)76(12)32-16-24-68(4)40-38-66(2)22-14-30-74(10)82-46-42-78(58-82)34-18-26-70(6)50-54-90-64-86(62-88)91-55-51-71(7)27-19-35-79-43-47-83(59-79)75(11)31-15-23-67(3)39-37-65/h65-88H,13-64H2,1-12H3/t65-,66-,67-,68-,69+,70+,71+,72+,73+,74+,75+,76+,77?,78?,79?,80?,81?,82?,83?,84?,85+,86+/m0/s1. The summed E-state index contributed by atoms with van der Waals surface area (Å²) in [6.07, 6.45) is 60.8. The van der Waals surface area contributed by atoms with E-state index >= 15 is 0 Å². The lowest BCUT2D eigenvalue weighted by Crippen LogP contribution is -2.25. The van der Waals surface area contributed by atoms with Crippen LogP contribution in [-0.2, 0) is 18.9 Å². The Kier molecular flexibility index (Phi) is 44.2. The van der Waals surface area contributed by atoms with E-state index < -0.39 is 0 Å². The fourth-order valence-electron chi connectivity index (χ4n) is 19.2. The molecule has 544 valence electrons. The Bertz CT molecular complexity index is 1600. The molecule has 22 atom stereocenters. The van der Waals surface area contributed by atoms with Crippen molar-refractivity contribution < 1.29 is 29.2 Å². The second-order valence-corrected chi connectivity index (χ2v) is 35.8. The van der Waals surface area contributed by atoms with Crippen molar-refractivity contribution in [2.75, 3.05) is 52.9 Å². The molecule has 0 aromatic rings. The number of ether oxygens (including phenoxy) is 4. The molecule has 0 aromatic heterocycles. The van der Waals surface area contributed by atoms with Crippen LogP contribution in [0.15, 0.2) is 0 Å². The maximum absolute atomic E-state index is 10.1. The number of hydrogen-bond donors (Lipinski definition) is 2. The highest BCUT2D eigenvalue weighted by atomic mass is 16.5. The zero-order valence-corrected chi connectivity index (χ0v) is 64.0. The second kappa shape index (κ2) is 49.3. The molecular weight excluding hydrogens is 1130 g/mol. The minimum atomic E-state index is -0.195. The Balaban J connectivity index is 0.961. The van der Waals surface area contributed by atoms with Gasteiger partial charge in [-0.3, -0.25) is 0 Å². The molecule has 92 heavy (non-hydrogen) atoms. The van der Waals surface area contributed by atoms with Crippen molar-refractivity contribution in [3.63, 3.8) is 0 Å². The predicted molar refractivity (Wildman–Crippen MR) is 396 cm³/mol. The van der Waals surface area contributed by atoms with Gasteiger partial charge in [-0.05, 0) is 195 Å². The molecule has 6 heteroatoms. The average molecular weight is 1290 g/mol. The van der Waals surface area contributed by atoms with Gasteiger partial charge in [-0.2, -0.15) is 0 Å². The summed E-state index contributed by atoms with van der Waals surface area (Å²) < 4.78 is 24.6. The summed E-state index contributed by atoms with van der Waals surface area (Å²) in [6, 6.07) is 0. The third kappa shape index (κ3) is 36.2. The summed E-state index contributed by atoms with van der Waals surface area (Å²) in [4.78, 5) is 0. The van der Waals surface area contributed by atoms with Gasteiger partial charge >= 0.3 is 0 Å². The predicted octanol–water partition coefficient (Wildman–Crippen LogP) is 24.6. The first-order valence-electron chi connectivity index (χ1n) is 42.1. The van der Waals surface area contributed by atoms with E-state index in [0.717, 1.165) is 147 Å². The Labute approximate surface area is 575 Å². The number of fused-ring (bicyclic) bond motifs is 8. The first kappa shape index (κ1) is 82.4. The molecule has 5 rings (SSSR count). The van der Waals surface area contributed by atoms with Crippen molar-refractivity contribution in [1.29, 1.82) is 0 Å². The first-order chi connectivity index (χ1) is 44.5. The largest absolute Gasteiger partial charge is 0.394 e. The third-order valence-corrected chi connectivity index (χ3v) is 27.0. The van der Waals surface area contributed by atoms with Crippen molar-refractivity contribution in [2.45, 2.75) is 378 Å². The summed E-state index contributed by atoms with van der Waals surface area (Å²) in [5.41, 5.74) is 0. The van der Waals surface area contributed by atoms with Crippen molar-refractivity contribution in [2.24, 2.45) is 118 Å². The molecular formula is C86H164O6. The third-order valence-electron chi connectivity index (χ3n) is 27.0. The highest BCUT2D eigenvalue weighted by Crippen LogP contribution is 2.44. The van der Waals surface area contributed by atoms with Gasteiger partial charge in [-0.25, -0.2) is 0 Å². The number of hydrogen-bond acceptors (Lipinski definition) is 6. The first-order valence-corrected chi connectivity index (χ1v) is 42.1. The molecule has 5 fully saturated rings. The molecule has 1 heterocycles. The molecule has 1 saturated heterocycles. The van der Waals surface area contributed by atoms with Crippen LogP contribution in [-0.4, -0.2) is 75.3 Å². The quantitative estimate of drug-likeness (QED) is 0.287. The summed E-state index contributed by atoms with van der Waals surface area (Å²) in [7, 11) is 0. The van der Waals surface area contributed by atoms with E-state index in [1.54, 1.807) is 0 Å². The van der Waals surface area contributed by atoms with Gasteiger partial charge in [0.25, 0.3) is 0 Å². The monoisotopic (exact) mass is 1290 g/mol. The van der Waals surface area contributed by atoms with Crippen LogP contribution in [0.5, 0.6) is 0 Å². The van der Waals surface area contributed by atoms with Crippen molar-refractivity contribution >= 4 is 0 Å². The van der Waals surface area contributed by atoms with Gasteiger partial charge in [0.1, 0.15) is 12.2 Å². The van der Waals surface area contributed by atoms with Crippen LogP contribution in [0.3, 0.4) is 0 Å². The van der Waals surface area contributed by atoms with Crippen LogP contribution in [0.25, 0.3) is 0 Å². The van der Waals surface area contributed by atoms with Crippen LogP contribution in [0.4, 0.5) is 0 Å². The molecule has 6 nitrogen and oxygen atoms in total. The Morgan fingerprint density at radius 1 is 0.228 bits per heavy atom. The molecule has 0 aromatic carbocycles. The Morgan fingerprint density at radius 3 is 0.685 bits per heavy atom. The smallest absolute Gasteiger partial charge is 0.104 e. The van der Waals surface area contributed by atoms with Gasteiger partial charge in [0.05, 0.1) is 26.4 Å². The molecule has 2 N–H and O–H groups in total. The van der Waals surface area contributed by atoms with Gasteiger partial charge in [-0.1, -0.05) is 289 Å². The van der Waals surface area contributed by atoms with E-state index in [0.29, 0.717) is 36.9 Å². The molecule has 1 aliphatic heterocycles. The van der Waals surface area contributed by atoms with E-state index in [9.17, 15) is 10.2 Å². The van der Waals surface area contributed by atoms with Gasteiger partial charge in [0.2, 0.25) is 0 Å². The van der Waals surface area contributed by atoms with E-state index in [4.69, 9.17) is 18.9 Å². The lowest BCUT2D eigenvalue weighted by Gasteiger charge is -2.22. The summed E-state index contributed by atoms with van der Waals surface area (Å²) in [6.45, 7) is 34.3. The molecule has 8 bridgehead atoms. The fourth-order valence-corrected chi connectivity index (χ4v) is 19.2. The lowest BCUT2D eigenvalue weighted by molar-refractivity contribution is -0.0471. The van der Waals surface area contributed by atoms with E-state index in [1.165, 1.54) is 257 Å². The van der Waals surface area contributed by atoms with Crippen LogP contribution in [0.2, 0.25) is 0 Å². The number of aliphatic hydroxyl groups excluding tert-OH is 2. The second-order valence-electron chi connectivity index (χ2n) is 35.8. The maximum Gasteiger partial charge on any atom is 0.104 e. The SMILES string of the molecule is C[C@@H]1CCCC2CCC(C2)[C@H](C)CCC[C@H](C)CC[C@@H](C)CCC[C@@H](C)C2CCC(CCC[C@@H](C)CCO[C@H](CO)COCC[C@H](C)CCCC3CCC(C3)[C@H](C)CCC[C@H](C)CC[C@@H](C)CCC[C@@H](C)C3CCC(CCC[C@@H](C)CCO[C@H](CO)COCC1)C3)C2. The molecule has 0 spiro atoms. The number of rotatable bonds is 2. The molecule has 0 amide bonds. The van der Waals surface area contributed by atoms with E-state index in [2.05, 4.69) is 83.1 Å². The molecule has 0 radical (unpaired) electrons. The minimum absolute atomic E-state index is 0.0515. The van der Waals surface area contributed by atoms with Crippen LogP contribution in [0, 0.1) is 118 Å². The zero-order chi connectivity index (χ0) is 66.3. The highest BCUT2D eigenvalue weighted by Gasteiger charge is 2.32. The summed E-state index contributed by atoms with van der Waals surface area (Å²) in [5, 5.41) is 20.2. The van der Waals surface area contributed by atoms with Gasteiger partial charge in [0, 0.05) is 26.4 Å². The van der Waals surface area contributed by atoms with Crippen molar-refractivity contribution in [1.82, 2.24) is 0 Å². The Morgan fingerprint density at radius 2 is 0.446 bits per heavy atom. The van der Waals surface area contributed by atoms with Crippen LogP contribution < -0.4 is 0 Å². The molecule has 8 unspecified atom stereocenters. The zero-order valence-electron chi connectivity index (χ0n) is 64.0. The van der Waals surface area contributed by atoms with Crippen LogP contribution >= 0.6 is 0 Å². The topological polar surface area (TPSA) is 77.4 Å². The molecule has 4 saturated carbocycles. The van der Waals surface area contributed by atoms with Crippen molar-refractivity contribution in [3.8, 4) is 0 Å². The average Bonchev–Trinajstić information content (AvgIpc) is 2.84. The van der Waals surface area contributed by atoms with E-state index in [-0.39, 0.29) is 25.4 Å². The van der Waals surface area contributed by atoms with Crippen molar-refractivity contribution in [3.05, 3.63) is 0 Å². The summed E-state index contributed by atoms with van der Waals surface area (Å²) >= 11 is 0. The highest BCUT2D eigenvalue weighted by molar-refractivity contribution is 4.84. The molecule has 4 aliphatic carbocycles. The minimum Gasteiger partial charge on any atom is -0.394 e.